The van der Waals surface area contributed by atoms with Gasteiger partial charge in [-0.15, -0.1) is 0 Å². The van der Waals surface area contributed by atoms with Crippen LogP contribution in [-0.2, 0) is 4.74 Å². The molecular formula is C16H22N2O4. The van der Waals surface area contributed by atoms with Gasteiger partial charge in [0.1, 0.15) is 13.2 Å². The summed E-state index contributed by atoms with van der Waals surface area (Å²) in [6.07, 6.45) is 0.0229. The first-order chi connectivity index (χ1) is 10.4. The lowest BCUT2D eigenvalue weighted by atomic mass is 10.1. The van der Waals surface area contributed by atoms with Crippen LogP contribution in [0.25, 0.3) is 0 Å². The molecule has 6 nitrogen and oxygen atoms in total. The quantitative estimate of drug-likeness (QED) is 0.866. The summed E-state index contributed by atoms with van der Waals surface area (Å²) < 4.78 is 16.8. The SMILES string of the molecule is CC1CN(C(=O)Nc2ccc3c(c2)OCCO3)CC(C)(C)O1. The molecule has 1 fully saturated rings. The summed E-state index contributed by atoms with van der Waals surface area (Å²) in [5.74, 6) is 1.38. The number of urea groups is 1. The molecule has 1 N–H and O–H groups in total. The Balaban J connectivity index is 1.69. The average molecular weight is 306 g/mol. The largest absolute Gasteiger partial charge is 0.486 e. The van der Waals surface area contributed by atoms with Gasteiger partial charge in [-0.1, -0.05) is 0 Å². The molecule has 1 saturated heterocycles. The molecule has 1 unspecified atom stereocenters. The van der Waals surface area contributed by atoms with Crippen LogP contribution in [0.2, 0.25) is 0 Å². The van der Waals surface area contributed by atoms with Crippen molar-refractivity contribution in [1.29, 1.82) is 0 Å². The Morgan fingerprint density at radius 2 is 2.00 bits per heavy atom. The van der Waals surface area contributed by atoms with E-state index in [-0.39, 0.29) is 17.7 Å². The fourth-order valence-corrected chi connectivity index (χ4v) is 2.93. The molecule has 0 aliphatic carbocycles. The Hall–Kier alpha value is -1.95. The molecule has 2 aliphatic heterocycles. The van der Waals surface area contributed by atoms with Crippen LogP contribution in [0.15, 0.2) is 18.2 Å². The van der Waals surface area contributed by atoms with Crippen LogP contribution in [0.1, 0.15) is 20.8 Å². The minimum Gasteiger partial charge on any atom is -0.486 e. The Kier molecular flexibility index (Phi) is 3.87. The Bertz CT molecular complexity index is 573. The van der Waals surface area contributed by atoms with E-state index in [1.54, 1.807) is 11.0 Å². The van der Waals surface area contributed by atoms with Gasteiger partial charge in [0.15, 0.2) is 11.5 Å². The number of rotatable bonds is 1. The third-order valence-electron chi connectivity index (χ3n) is 3.65. The molecule has 1 aromatic rings. The van der Waals surface area contributed by atoms with Crippen molar-refractivity contribution in [1.82, 2.24) is 4.90 Å². The number of hydrogen-bond donors (Lipinski definition) is 1. The molecular weight excluding hydrogens is 284 g/mol. The smallest absolute Gasteiger partial charge is 0.322 e. The summed E-state index contributed by atoms with van der Waals surface area (Å²) in [5.41, 5.74) is 0.369. The summed E-state index contributed by atoms with van der Waals surface area (Å²) >= 11 is 0. The van der Waals surface area contributed by atoms with Crippen molar-refractivity contribution < 1.29 is 19.0 Å². The summed E-state index contributed by atoms with van der Waals surface area (Å²) in [7, 11) is 0. The zero-order valence-electron chi connectivity index (χ0n) is 13.2. The predicted molar refractivity (Wildman–Crippen MR) is 82.6 cm³/mol. The first-order valence-electron chi connectivity index (χ1n) is 7.56. The van der Waals surface area contributed by atoms with Crippen LogP contribution < -0.4 is 14.8 Å². The number of anilines is 1. The van der Waals surface area contributed by atoms with Gasteiger partial charge in [0.25, 0.3) is 0 Å². The number of hydrogen-bond acceptors (Lipinski definition) is 4. The first-order valence-corrected chi connectivity index (χ1v) is 7.56. The number of fused-ring (bicyclic) bond motifs is 1. The van der Waals surface area contributed by atoms with Gasteiger partial charge in [0, 0.05) is 18.3 Å². The second-order valence-corrected chi connectivity index (χ2v) is 6.36. The second-order valence-electron chi connectivity index (χ2n) is 6.36. The predicted octanol–water partition coefficient (Wildman–Crippen LogP) is 2.49. The monoisotopic (exact) mass is 306 g/mol. The standard InChI is InChI=1S/C16H22N2O4/c1-11-9-18(10-16(2,3)22-11)15(19)17-12-4-5-13-14(8-12)21-7-6-20-13/h4-5,8,11H,6-7,9-10H2,1-3H3,(H,17,19). The van der Waals surface area contributed by atoms with E-state index in [0.29, 0.717) is 43.5 Å². The molecule has 1 atom stereocenters. The minimum absolute atomic E-state index is 0.0229. The Morgan fingerprint density at radius 1 is 1.27 bits per heavy atom. The molecule has 0 bridgehead atoms. The number of ether oxygens (including phenoxy) is 3. The highest BCUT2D eigenvalue weighted by Crippen LogP contribution is 2.32. The molecule has 2 aliphatic rings. The van der Waals surface area contributed by atoms with Crippen molar-refractivity contribution in [3.63, 3.8) is 0 Å². The van der Waals surface area contributed by atoms with Crippen molar-refractivity contribution in [3.05, 3.63) is 18.2 Å². The second kappa shape index (κ2) is 5.68. The van der Waals surface area contributed by atoms with Gasteiger partial charge >= 0.3 is 6.03 Å². The zero-order valence-corrected chi connectivity index (χ0v) is 13.2. The lowest BCUT2D eigenvalue weighted by molar-refractivity contribution is -0.116. The first kappa shape index (κ1) is 15.0. The topological polar surface area (TPSA) is 60.0 Å². The van der Waals surface area contributed by atoms with Crippen LogP contribution in [0.5, 0.6) is 11.5 Å². The lowest BCUT2D eigenvalue weighted by Crippen LogP contribution is -2.54. The molecule has 0 spiro atoms. The fraction of sp³-hybridized carbons (Fsp3) is 0.562. The van der Waals surface area contributed by atoms with Crippen molar-refractivity contribution in [2.24, 2.45) is 0 Å². The average Bonchev–Trinajstić information content (AvgIpc) is 2.45. The highest BCUT2D eigenvalue weighted by molar-refractivity contribution is 5.90. The van der Waals surface area contributed by atoms with Crippen molar-refractivity contribution in [2.75, 3.05) is 31.6 Å². The molecule has 0 saturated carbocycles. The molecule has 0 aromatic heterocycles. The van der Waals surface area contributed by atoms with Gasteiger partial charge in [-0.05, 0) is 32.9 Å². The van der Waals surface area contributed by atoms with Crippen LogP contribution in [0.4, 0.5) is 10.5 Å². The third-order valence-corrected chi connectivity index (χ3v) is 3.65. The van der Waals surface area contributed by atoms with Crippen LogP contribution in [0.3, 0.4) is 0 Å². The minimum atomic E-state index is -0.332. The Labute approximate surface area is 130 Å². The number of morpholine rings is 1. The molecule has 0 radical (unpaired) electrons. The van der Waals surface area contributed by atoms with E-state index in [0.717, 1.165) is 0 Å². The van der Waals surface area contributed by atoms with Crippen molar-refractivity contribution in [2.45, 2.75) is 32.5 Å². The van der Waals surface area contributed by atoms with E-state index < -0.39 is 0 Å². The van der Waals surface area contributed by atoms with E-state index in [2.05, 4.69) is 5.32 Å². The highest BCUT2D eigenvalue weighted by atomic mass is 16.6. The van der Waals surface area contributed by atoms with Gasteiger partial charge in [-0.3, -0.25) is 0 Å². The van der Waals surface area contributed by atoms with E-state index in [9.17, 15) is 4.79 Å². The van der Waals surface area contributed by atoms with Gasteiger partial charge in [-0.25, -0.2) is 4.79 Å². The van der Waals surface area contributed by atoms with Gasteiger partial charge in [0.05, 0.1) is 18.2 Å². The van der Waals surface area contributed by atoms with Crippen molar-refractivity contribution in [3.8, 4) is 11.5 Å². The molecule has 2 amide bonds. The number of carbonyl (C=O) groups excluding carboxylic acids is 1. The number of nitrogens with zero attached hydrogens (tertiary/aromatic N) is 1. The van der Waals surface area contributed by atoms with Crippen LogP contribution >= 0.6 is 0 Å². The normalized spacial score (nSPS) is 23.0. The maximum atomic E-state index is 12.5. The van der Waals surface area contributed by atoms with Gasteiger partial charge in [-0.2, -0.15) is 0 Å². The van der Waals surface area contributed by atoms with Crippen LogP contribution in [0, 0.1) is 0 Å². The van der Waals surface area contributed by atoms with Gasteiger partial charge in [0.2, 0.25) is 0 Å². The fourth-order valence-electron chi connectivity index (χ4n) is 2.93. The molecule has 2 heterocycles. The molecule has 1 aromatic carbocycles. The van der Waals surface area contributed by atoms with Crippen molar-refractivity contribution >= 4 is 11.7 Å². The molecule has 3 rings (SSSR count). The Morgan fingerprint density at radius 3 is 2.73 bits per heavy atom. The molecule has 6 heteroatoms. The van der Waals surface area contributed by atoms with E-state index in [1.165, 1.54) is 0 Å². The summed E-state index contributed by atoms with van der Waals surface area (Å²) in [6.45, 7) is 8.19. The summed E-state index contributed by atoms with van der Waals surface area (Å²) in [5, 5.41) is 2.92. The highest BCUT2D eigenvalue weighted by Gasteiger charge is 2.33. The van der Waals surface area contributed by atoms with E-state index in [1.807, 2.05) is 32.9 Å². The number of nitrogens with one attached hydrogen (secondary N) is 1. The number of amides is 2. The molecule has 22 heavy (non-hydrogen) atoms. The van der Waals surface area contributed by atoms with Crippen LogP contribution in [-0.4, -0.2) is 48.9 Å². The molecule has 120 valence electrons. The summed E-state index contributed by atoms with van der Waals surface area (Å²) in [4.78, 5) is 14.2. The van der Waals surface area contributed by atoms with E-state index in [4.69, 9.17) is 14.2 Å². The zero-order chi connectivity index (χ0) is 15.7. The third kappa shape index (κ3) is 3.27. The lowest BCUT2D eigenvalue weighted by Gasteiger charge is -2.41. The van der Waals surface area contributed by atoms with Gasteiger partial charge < -0.3 is 24.4 Å². The number of benzene rings is 1. The number of carbonyl (C=O) groups is 1. The van der Waals surface area contributed by atoms with E-state index >= 15 is 0 Å². The maximum absolute atomic E-state index is 12.5. The maximum Gasteiger partial charge on any atom is 0.322 e. The summed E-state index contributed by atoms with van der Waals surface area (Å²) in [6, 6.07) is 5.30.